The van der Waals surface area contributed by atoms with Crippen molar-refractivity contribution in [1.29, 1.82) is 0 Å². The smallest absolute Gasteiger partial charge is 0.247 e. The SMILES string of the molecule is CCOc1ccc2ccccc2c1[C@@H]1Nc2ccccc2-c2nnc(SCC)nc2O1. The maximum absolute atomic E-state index is 6.49. The third kappa shape index (κ3) is 3.65. The third-order valence-corrected chi connectivity index (χ3v) is 5.82. The van der Waals surface area contributed by atoms with Gasteiger partial charge in [-0.15, -0.1) is 10.2 Å². The maximum atomic E-state index is 6.49. The highest BCUT2D eigenvalue weighted by molar-refractivity contribution is 7.99. The lowest BCUT2D eigenvalue weighted by molar-refractivity contribution is 0.218. The molecule has 4 aromatic rings. The molecule has 31 heavy (non-hydrogen) atoms. The molecule has 1 aliphatic rings. The molecule has 2 heterocycles. The van der Waals surface area contributed by atoms with Gasteiger partial charge in [0.05, 0.1) is 12.2 Å². The fraction of sp³-hybridized carbons (Fsp3) is 0.208. The van der Waals surface area contributed by atoms with Crippen LogP contribution in [0.2, 0.25) is 0 Å². The van der Waals surface area contributed by atoms with Crippen LogP contribution in [-0.2, 0) is 0 Å². The summed E-state index contributed by atoms with van der Waals surface area (Å²) < 4.78 is 12.5. The molecule has 7 heteroatoms. The van der Waals surface area contributed by atoms with Crippen LogP contribution in [0.4, 0.5) is 5.69 Å². The van der Waals surface area contributed by atoms with Gasteiger partial charge in [-0.1, -0.05) is 67.2 Å². The van der Waals surface area contributed by atoms with Crippen molar-refractivity contribution in [3.05, 3.63) is 66.2 Å². The molecule has 1 atom stereocenters. The monoisotopic (exact) mass is 430 g/mol. The molecule has 0 unspecified atom stereocenters. The van der Waals surface area contributed by atoms with E-state index in [1.807, 2.05) is 49.4 Å². The number of nitrogens with one attached hydrogen (secondary N) is 1. The Hall–Kier alpha value is -3.32. The highest BCUT2D eigenvalue weighted by atomic mass is 32.2. The Bertz CT molecular complexity index is 1250. The largest absolute Gasteiger partial charge is 0.493 e. The summed E-state index contributed by atoms with van der Waals surface area (Å²) in [5, 5.41) is 15.1. The highest BCUT2D eigenvalue weighted by Crippen LogP contribution is 2.43. The maximum Gasteiger partial charge on any atom is 0.247 e. The van der Waals surface area contributed by atoms with Crippen molar-refractivity contribution in [2.24, 2.45) is 0 Å². The first kappa shape index (κ1) is 19.6. The number of hydrogen-bond donors (Lipinski definition) is 1. The Morgan fingerprint density at radius 1 is 1.00 bits per heavy atom. The van der Waals surface area contributed by atoms with Crippen LogP contribution in [0, 0.1) is 0 Å². The van der Waals surface area contributed by atoms with E-state index in [-0.39, 0.29) is 0 Å². The quantitative estimate of drug-likeness (QED) is 0.407. The Labute approximate surface area is 185 Å². The molecule has 1 aromatic heterocycles. The summed E-state index contributed by atoms with van der Waals surface area (Å²) >= 11 is 1.54. The number of nitrogens with zero attached hydrogens (tertiary/aromatic N) is 3. The van der Waals surface area contributed by atoms with Crippen LogP contribution in [0.3, 0.4) is 0 Å². The van der Waals surface area contributed by atoms with Crippen molar-refractivity contribution in [2.45, 2.75) is 25.2 Å². The van der Waals surface area contributed by atoms with Gasteiger partial charge >= 0.3 is 0 Å². The number of hydrogen-bond acceptors (Lipinski definition) is 7. The molecule has 0 saturated carbocycles. The molecule has 0 aliphatic carbocycles. The van der Waals surface area contributed by atoms with Gasteiger partial charge in [0.2, 0.25) is 17.3 Å². The fourth-order valence-electron chi connectivity index (χ4n) is 3.80. The minimum absolute atomic E-state index is 0.462. The molecule has 0 fully saturated rings. The molecule has 0 bridgehead atoms. The van der Waals surface area contributed by atoms with Crippen LogP contribution in [-0.4, -0.2) is 27.5 Å². The molecule has 5 rings (SSSR count). The summed E-state index contributed by atoms with van der Waals surface area (Å²) in [4.78, 5) is 4.68. The average Bonchev–Trinajstić information content (AvgIpc) is 2.95. The molecule has 156 valence electrons. The van der Waals surface area contributed by atoms with Gasteiger partial charge in [-0.2, -0.15) is 4.98 Å². The number of ether oxygens (including phenoxy) is 2. The van der Waals surface area contributed by atoms with Gasteiger partial charge in [0.15, 0.2) is 5.69 Å². The standard InChI is InChI=1S/C24H22N4O2S/c1-3-29-19-14-13-15-9-5-6-10-16(15)20(19)22-25-18-12-8-7-11-17(18)21-23(30-22)26-24(28-27-21)31-4-2/h5-14,22,25H,3-4H2,1-2H3/t22-/m1/s1. The molecular weight excluding hydrogens is 408 g/mol. The number of rotatable bonds is 5. The van der Waals surface area contributed by atoms with E-state index in [4.69, 9.17) is 9.47 Å². The minimum atomic E-state index is -0.508. The van der Waals surface area contributed by atoms with Crippen molar-refractivity contribution < 1.29 is 9.47 Å². The lowest BCUT2D eigenvalue weighted by Crippen LogP contribution is -2.19. The first-order valence-corrected chi connectivity index (χ1v) is 11.3. The number of anilines is 1. The normalized spacial score (nSPS) is 14.7. The van der Waals surface area contributed by atoms with Crippen LogP contribution >= 0.6 is 11.8 Å². The van der Waals surface area contributed by atoms with E-state index in [9.17, 15) is 0 Å². The van der Waals surface area contributed by atoms with E-state index in [0.29, 0.717) is 23.3 Å². The molecule has 6 nitrogen and oxygen atoms in total. The molecule has 3 aromatic carbocycles. The van der Waals surface area contributed by atoms with Crippen LogP contribution in [0.1, 0.15) is 25.6 Å². The highest BCUT2D eigenvalue weighted by Gasteiger charge is 2.29. The summed E-state index contributed by atoms with van der Waals surface area (Å²) in [7, 11) is 0. The second-order valence-electron chi connectivity index (χ2n) is 7.00. The summed E-state index contributed by atoms with van der Waals surface area (Å²) in [6.07, 6.45) is -0.508. The van der Waals surface area contributed by atoms with Crippen molar-refractivity contribution in [1.82, 2.24) is 15.2 Å². The Morgan fingerprint density at radius 3 is 2.71 bits per heavy atom. The average molecular weight is 431 g/mol. The molecule has 1 aliphatic heterocycles. The van der Waals surface area contributed by atoms with Crippen molar-refractivity contribution in [3.63, 3.8) is 0 Å². The van der Waals surface area contributed by atoms with Crippen molar-refractivity contribution >= 4 is 28.2 Å². The van der Waals surface area contributed by atoms with E-state index in [1.54, 1.807) is 0 Å². The zero-order valence-electron chi connectivity index (χ0n) is 17.3. The third-order valence-electron chi connectivity index (χ3n) is 5.10. The lowest BCUT2D eigenvalue weighted by atomic mass is 10.0. The zero-order chi connectivity index (χ0) is 21.2. The number of fused-ring (bicyclic) bond motifs is 4. The molecule has 0 radical (unpaired) electrons. The number of thioether (sulfide) groups is 1. The van der Waals surface area contributed by atoms with E-state index in [2.05, 4.69) is 45.6 Å². The van der Waals surface area contributed by atoms with E-state index < -0.39 is 6.23 Å². The predicted molar refractivity (Wildman–Crippen MR) is 124 cm³/mol. The van der Waals surface area contributed by atoms with Gasteiger partial charge in [0.1, 0.15) is 5.75 Å². The Morgan fingerprint density at radius 2 is 1.84 bits per heavy atom. The van der Waals surface area contributed by atoms with Crippen LogP contribution in [0.5, 0.6) is 11.6 Å². The molecule has 0 amide bonds. The van der Waals surface area contributed by atoms with E-state index in [0.717, 1.165) is 39.1 Å². The van der Waals surface area contributed by atoms with Gasteiger partial charge < -0.3 is 14.8 Å². The van der Waals surface area contributed by atoms with E-state index >= 15 is 0 Å². The summed E-state index contributed by atoms with van der Waals surface area (Å²) in [5.41, 5.74) is 3.38. The fourth-order valence-corrected chi connectivity index (χ4v) is 4.30. The molecule has 1 N–H and O–H groups in total. The first-order chi connectivity index (χ1) is 15.3. The van der Waals surface area contributed by atoms with Gasteiger partial charge in [0, 0.05) is 11.3 Å². The topological polar surface area (TPSA) is 69.2 Å². The van der Waals surface area contributed by atoms with Crippen LogP contribution < -0.4 is 14.8 Å². The second kappa shape index (κ2) is 8.43. The molecule has 0 spiro atoms. The lowest BCUT2D eigenvalue weighted by Gasteiger charge is -2.23. The van der Waals surface area contributed by atoms with Crippen molar-refractivity contribution in [2.75, 3.05) is 17.7 Å². The number of benzene rings is 3. The summed E-state index contributed by atoms with van der Waals surface area (Å²) in [6, 6.07) is 20.3. The molecule has 0 saturated heterocycles. The van der Waals surface area contributed by atoms with Crippen molar-refractivity contribution in [3.8, 4) is 22.9 Å². The van der Waals surface area contributed by atoms with Crippen LogP contribution in [0.15, 0.2) is 65.8 Å². The van der Waals surface area contributed by atoms with E-state index in [1.165, 1.54) is 11.8 Å². The van der Waals surface area contributed by atoms with Gasteiger partial charge in [-0.25, -0.2) is 0 Å². The van der Waals surface area contributed by atoms with Gasteiger partial charge in [0.25, 0.3) is 0 Å². The minimum Gasteiger partial charge on any atom is -0.493 e. The summed E-state index contributed by atoms with van der Waals surface area (Å²) in [5.74, 6) is 2.10. The van der Waals surface area contributed by atoms with Gasteiger partial charge in [-0.05, 0) is 35.6 Å². The van der Waals surface area contributed by atoms with Gasteiger partial charge in [-0.3, -0.25) is 0 Å². The molecular formula is C24H22N4O2S. The number of aromatic nitrogens is 3. The predicted octanol–water partition coefficient (Wildman–Crippen LogP) is 5.71. The number of para-hydroxylation sites is 1. The Kier molecular flexibility index (Phi) is 5.34. The zero-order valence-corrected chi connectivity index (χ0v) is 18.1. The first-order valence-electron chi connectivity index (χ1n) is 10.3. The second-order valence-corrected chi connectivity index (χ2v) is 8.23. The Balaban J connectivity index is 1.71. The van der Waals surface area contributed by atoms with Crippen LogP contribution in [0.25, 0.3) is 22.0 Å². The summed E-state index contributed by atoms with van der Waals surface area (Å²) in [6.45, 7) is 4.60.